The highest BCUT2D eigenvalue weighted by molar-refractivity contribution is 5.67. The zero-order valence-corrected chi connectivity index (χ0v) is 12.3. The van der Waals surface area contributed by atoms with Crippen LogP contribution in [-0.4, -0.2) is 18.2 Å². The number of benzene rings is 1. The van der Waals surface area contributed by atoms with Gasteiger partial charge in [0.1, 0.15) is 5.75 Å². The number of hydrogen-bond acceptors (Lipinski definition) is 3. The SMILES string of the molecule is COc1ccc(C(N)C(C)(C)CC(=O)O)c(C)c1C. The molecule has 1 unspecified atom stereocenters. The first-order chi connectivity index (χ1) is 8.70. The number of hydrogen-bond donors (Lipinski definition) is 2. The first kappa shape index (κ1) is 15.5. The molecule has 1 aromatic rings. The van der Waals surface area contributed by atoms with E-state index in [0.29, 0.717) is 0 Å². The summed E-state index contributed by atoms with van der Waals surface area (Å²) in [5.41, 5.74) is 8.86. The molecule has 0 amide bonds. The predicted octanol–water partition coefficient (Wildman–Crippen LogP) is 2.81. The summed E-state index contributed by atoms with van der Waals surface area (Å²) in [6, 6.07) is 3.48. The number of aliphatic carboxylic acids is 1. The van der Waals surface area contributed by atoms with Crippen LogP contribution in [0.1, 0.15) is 43.0 Å². The Kier molecular flexibility index (Phi) is 4.58. The van der Waals surface area contributed by atoms with Gasteiger partial charge in [-0.3, -0.25) is 4.79 Å². The van der Waals surface area contributed by atoms with Gasteiger partial charge < -0.3 is 15.6 Å². The molecule has 0 aliphatic heterocycles. The Hall–Kier alpha value is -1.55. The average Bonchev–Trinajstić information content (AvgIpc) is 2.30. The minimum atomic E-state index is -0.830. The Balaban J connectivity index is 3.16. The maximum atomic E-state index is 10.9. The third kappa shape index (κ3) is 3.26. The fraction of sp³-hybridized carbons (Fsp3) is 0.533. The minimum Gasteiger partial charge on any atom is -0.496 e. The van der Waals surface area contributed by atoms with Crippen molar-refractivity contribution in [2.24, 2.45) is 11.1 Å². The highest BCUT2D eigenvalue weighted by Crippen LogP contribution is 2.38. The molecule has 0 heterocycles. The Morgan fingerprint density at radius 1 is 1.37 bits per heavy atom. The molecule has 0 aliphatic carbocycles. The molecule has 0 aliphatic rings. The number of carbonyl (C=O) groups is 1. The molecule has 0 saturated carbocycles. The highest BCUT2D eigenvalue weighted by Gasteiger charge is 2.31. The first-order valence-electron chi connectivity index (χ1n) is 6.32. The molecule has 0 saturated heterocycles. The number of nitrogens with two attached hydrogens (primary N) is 1. The smallest absolute Gasteiger partial charge is 0.303 e. The van der Waals surface area contributed by atoms with E-state index >= 15 is 0 Å². The van der Waals surface area contributed by atoms with E-state index in [9.17, 15) is 4.79 Å². The van der Waals surface area contributed by atoms with Gasteiger partial charge in [0.15, 0.2) is 0 Å². The molecule has 1 aromatic carbocycles. The first-order valence-corrected chi connectivity index (χ1v) is 6.32. The molecule has 0 fully saturated rings. The fourth-order valence-corrected chi connectivity index (χ4v) is 2.30. The average molecular weight is 265 g/mol. The van der Waals surface area contributed by atoms with Crippen molar-refractivity contribution in [1.29, 1.82) is 0 Å². The lowest BCUT2D eigenvalue weighted by Gasteiger charge is -2.32. The van der Waals surface area contributed by atoms with Crippen LogP contribution in [-0.2, 0) is 4.79 Å². The van der Waals surface area contributed by atoms with Gasteiger partial charge >= 0.3 is 5.97 Å². The third-order valence-electron chi connectivity index (χ3n) is 3.78. The van der Waals surface area contributed by atoms with E-state index in [1.807, 2.05) is 39.8 Å². The standard InChI is InChI=1S/C15H23NO3/c1-9-10(2)12(19-5)7-6-11(9)14(16)15(3,4)8-13(17)18/h6-7,14H,8,16H2,1-5H3,(H,17,18). The second-order valence-corrected chi connectivity index (χ2v) is 5.64. The normalized spacial score (nSPS) is 13.2. The Morgan fingerprint density at radius 3 is 2.42 bits per heavy atom. The van der Waals surface area contributed by atoms with Gasteiger partial charge in [-0.15, -0.1) is 0 Å². The van der Waals surface area contributed by atoms with Gasteiger partial charge in [-0.05, 0) is 42.0 Å². The van der Waals surface area contributed by atoms with Crippen molar-refractivity contribution >= 4 is 5.97 Å². The van der Waals surface area contributed by atoms with Crippen molar-refractivity contribution < 1.29 is 14.6 Å². The third-order valence-corrected chi connectivity index (χ3v) is 3.78. The molecule has 19 heavy (non-hydrogen) atoms. The molecule has 0 bridgehead atoms. The molecule has 1 rings (SSSR count). The van der Waals surface area contributed by atoms with Crippen LogP contribution in [0, 0.1) is 19.3 Å². The van der Waals surface area contributed by atoms with Crippen LogP contribution in [0.4, 0.5) is 0 Å². The van der Waals surface area contributed by atoms with Gasteiger partial charge in [0.25, 0.3) is 0 Å². The molecule has 4 nitrogen and oxygen atoms in total. The molecule has 106 valence electrons. The summed E-state index contributed by atoms with van der Waals surface area (Å²) < 4.78 is 5.28. The van der Waals surface area contributed by atoms with E-state index < -0.39 is 11.4 Å². The lowest BCUT2D eigenvalue weighted by Crippen LogP contribution is -2.32. The monoisotopic (exact) mass is 265 g/mol. The van der Waals surface area contributed by atoms with Crippen LogP contribution in [0.15, 0.2) is 12.1 Å². The lowest BCUT2D eigenvalue weighted by atomic mass is 9.76. The Labute approximate surface area is 114 Å². The molecular formula is C15H23NO3. The van der Waals surface area contributed by atoms with Crippen molar-refractivity contribution in [2.75, 3.05) is 7.11 Å². The molecular weight excluding hydrogens is 242 g/mol. The molecule has 4 heteroatoms. The molecule has 0 spiro atoms. The number of rotatable bonds is 5. The second-order valence-electron chi connectivity index (χ2n) is 5.64. The van der Waals surface area contributed by atoms with Gasteiger partial charge in [-0.25, -0.2) is 0 Å². The predicted molar refractivity (Wildman–Crippen MR) is 75.4 cm³/mol. The van der Waals surface area contributed by atoms with Crippen LogP contribution < -0.4 is 10.5 Å². The number of carboxylic acids is 1. The number of carboxylic acid groups (broad SMARTS) is 1. The van der Waals surface area contributed by atoms with Gasteiger partial charge in [0, 0.05) is 6.04 Å². The van der Waals surface area contributed by atoms with Crippen LogP contribution in [0.25, 0.3) is 0 Å². The second kappa shape index (κ2) is 5.61. The minimum absolute atomic E-state index is 0.0404. The summed E-state index contributed by atoms with van der Waals surface area (Å²) in [5, 5.41) is 8.98. The summed E-state index contributed by atoms with van der Waals surface area (Å²) in [6.45, 7) is 7.73. The van der Waals surface area contributed by atoms with Gasteiger partial charge in [-0.2, -0.15) is 0 Å². The Morgan fingerprint density at radius 2 is 1.95 bits per heavy atom. The topological polar surface area (TPSA) is 72.5 Å². The van der Waals surface area contributed by atoms with E-state index in [2.05, 4.69) is 0 Å². The van der Waals surface area contributed by atoms with Crippen molar-refractivity contribution in [3.05, 3.63) is 28.8 Å². The summed E-state index contributed by atoms with van der Waals surface area (Å²) in [4.78, 5) is 10.9. The quantitative estimate of drug-likeness (QED) is 0.858. The van der Waals surface area contributed by atoms with Crippen LogP contribution >= 0.6 is 0 Å². The fourth-order valence-electron chi connectivity index (χ4n) is 2.30. The summed E-state index contributed by atoms with van der Waals surface area (Å²) in [5.74, 6) is -0.00664. The molecule has 1 atom stereocenters. The van der Waals surface area contributed by atoms with E-state index in [1.165, 1.54) is 0 Å². The van der Waals surface area contributed by atoms with Crippen LogP contribution in [0.3, 0.4) is 0 Å². The van der Waals surface area contributed by atoms with E-state index in [1.54, 1.807) is 7.11 Å². The summed E-state index contributed by atoms with van der Waals surface area (Å²) >= 11 is 0. The molecule has 3 N–H and O–H groups in total. The van der Waals surface area contributed by atoms with E-state index in [4.69, 9.17) is 15.6 Å². The molecule has 0 aromatic heterocycles. The number of methoxy groups -OCH3 is 1. The highest BCUT2D eigenvalue weighted by atomic mass is 16.5. The van der Waals surface area contributed by atoms with Crippen molar-refractivity contribution in [1.82, 2.24) is 0 Å². The number of ether oxygens (including phenoxy) is 1. The van der Waals surface area contributed by atoms with Crippen LogP contribution in [0.2, 0.25) is 0 Å². The van der Waals surface area contributed by atoms with Gasteiger partial charge in [0.2, 0.25) is 0 Å². The zero-order valence-electron chi connectivity index (χ0n) is 12.3. The molecule has 0 radical (unpaired) electrons. The van der Waals surface area contributed by atoms with Gasteiger partial charge in [0.05, 0.1) is 13.5 Å². The van der Waals surface area contributed by atoms with Crippen molar-refractivity contribution in [2.45, 2.75) is 40.2 Å². The maximum Gasteiger partial charge on any atom is 0.303 e. The lowest BCUT2D eigenvalue weighted by molar-refractivity contribution is -0.139. The largest absolute Gasteiger partial charge is 0.496 e. The van der Waals surface area contributed by atoms with Crippen LogP contribution in [0.5, 0.6) is 5.75 Å². The summed E-state index contributed by atoms with van der Waals surface area (Å²) in [6.07, 6.45) is 0.0404. The van der Waals surface area contributed by atoms with E-state index in [-0.39, 0.29) is 12.5 Å². The maximum absolute atomic E-state index is 10.9. The van der Waals surface area contributed by atoms with E-state index in [0.717, 1.165) is 22.4 Å². The summed E-state index contributed by atoms with van der Waals surface area (Å²) in [7, 11) is 1.63. The Bertz CT molecular complexity index is 481. The van der Waals surface area contributed by atoms with Crippen molar-refractivity contribution in [3.8, 4) is 5.75 Å². The van der Waals surface area contributed by atoms with Gasteiger partial charge in [-0.1, -0.05) is 19.9 Å². The van der Waals surface area contributed by atoms with Crippen molar-refractivity contribution in [3.63, 3.8) is 0 Å². The zero-order chi connectivity index (χ0) is 14.8.